The highest BCUT2D eigenvalue weighted by Gasteiger charge is 2.53. The van der Waals surface area contributed by atoms with Crippen LogP contribution in [0.1, 0.15) is 37.6 Å². The highest BCUT2D eigenvalue weighted by Crippen LogP contribution is 2.57. The molecule has 200 valence electrons. The maximum Gasteiger partial charge on any atom is 0.321 e. The molecule has 0 radical (unpaired) electrons. The van der Waals surface area contributed by atoms with Crippen LogP contribution in [0.4, 0.5) is 14.9 Å². The number of hydrogen-bond acceptors (Lipinski definition) is 6. The Bertz CT molecular complexity index is 1490. The number of hydrogen-bond donors (Lipinski definition) is 1. The van der Waals surface area contributed by atoms with Gasteiger partial charge in [0.25, 0.3) is 5.89 Å². The summed E-state index contributed by atoms with van der Waals surface area (Å²) in [6.07, 6.45) is 2.19. The largest absolute Gasteiger partial charge is 0.334 e. The van der Waals surface area contributed by atoms with Crippen molar-refractivity contribution in [3.63, 3.8) is 0 Å². The van der Waals surface area contributed by atoms with Gasteiger partial charge in [0.1, 0.15) is 5.82 Å². The lowest BCUT2D eigenvalue weighted by Gasteiger charge is -2.54. The number of nitrogens with one attached hydrogen (secondary N) is 1. The van der Waals surface area contributed by atoms with Crippen molar-refractivity contribution in [2.24, 2.45) is 0 Å². The summed E-state index contributed by atoms with van der Waals surface area (Å²) in [5, 5.41) is 7.72. The predicted octanol–water partition coefficient (Wildman–Crippen LogP) is 4.90. The number of nitrogens with zero attached hydrogens (tertiary/aromatic N) is 4. The molecule has 2 aromatic carbocycles. The molecule has 2 bridgehead atoms. The number of urea groups is 1. The molecule has 2 atom stereocenters. The Hall–Kier alpha value is -2.73. The molecule has 13 heteroatoms. The second kappa shape index (κ2) is 9.18. The van der Waals surface area contributed by atoms with Gasteiger partial charge >= 0.3 is 6.03 Å². The van der Waals surface area contributed by atoms with Gasteiger partial charge in [-0.2, -0.15) is 9.29 Å². The monoisotopic (exact) mass is 579 g/mol. The molecule has 1 saturated carbocycles. The maximum atomic E-state index is 13.3. The Morgan fingerprint density at radius 1 is 1.16 bits per heavy atom. The number of anilines is 1. The average Bonchev–Trinajstić information content (AvgIpc) is 3.50. The first-order chi connectivity index (χ1) is 18.1. The first kappa shape index (κ1) is 25.5. The van der Waals surface area contributed by atoms with Gasteiger partial charge in [0.05, 0.1) is 11.2 Å². The Labute approximate surface area is 228 Å². The lowest BCUT2D eigenvalue weighted by atomic mass is 9.91. The van der Waals surface area contributed by atoms with Crippen LogP contribution < -0.4 is 5.32 Å². The molecule has 4 aliphatic rings. The van der Waals surface area contributed by atoms with Crippen molar-refractivity contribution in [2.75, 3.05) is 24.2 Å². The summed E-state index contributed by atoms with van der Waals surface area (Å²) in [5.74, 6) is 0.402. The van der Waals surface area contributed by atoms with Crippen molar-refractivity contribution in [1.29, 1.82) is 0 Å². The number of aromatic nitrogens is 2. The van der Waals surface area contributed by atoms with E-state index in [1.165, 1.54) is 16.4 Å². The van der Waals surface area contributed by atoms with Crippen LogP contribution in [0, 0.1) is 5.82 Å². The Morgan fingerprint density at radius 3 is 2.37 bits per heavy atom. The van der Waals surface area contributed by atoms with Gasteiger partial charge in [-0.3, -0.25) is 0 Å². The fourth-order valence-corrected chi connectivity index (χ4v) is 7.85. The second-order valence-electron chi connectivity index (χ2n) is 9.94. The topological polar surface area (TPSA) is 109 Å². The molecule has 1 aliphatic carbocycles. The van der Waals surface area contributed by atoms with Gasteiger partial charge in [0.15, 0.2) is 5.82 Å². The molecule has 0 spiro atoms. The normalized spacial score (nSPS) is 22.2. The number of piperidine rings is 1. The molecule has 1 aromatic heterocycles. The SMILES string of the molecule is CCS(=O)(=O)N1C2CC1CN(C(=O)Nc1cc(Cl)c(C3(c4noc(-c5ccc(F)cc5)n4)CC3)c(Cl)c1)C2. The van der Waals surface area contributed by atoms with E-state index in [2.05, 4.69) is 15.5 Å². The molecule has 2 amide bonds. The molecule has 9 nitrogen and oxygen atoms in total. The molecular weight excluding hydrogens is 556 g/mol. The van der Waals surface area contributed by atoms with Crippen LogP contribution >= 0.6 is 23.2 Å². The first-order valence-corrected chi connectivity index (χ1v) is 14.6. The van der Waals surface area contributed by atoms with E-state index < -0.39 is 15.4 Å². The van der Waals surface area contributed by atoms with Crippen molar-refractivity contribution in [3.05, 3.63) is 63.6 Å². The van der Waals surface area contributed by atoms with E-state index >= 15 is 0 Å². The van der Waals surface area contributed by atoms with Gasteiger partial charge < -0.3 is 14.7 Å². The zero-order valence-electron chi connectivity index (χ0n) is 20.3. The van der Waals surface area contributed by atoms with E-state index in [1.807, 2.05) is 0 Å². The third kappa shape index (κ3) is 4.25. The van der Waals surface area contributed by atoms with Crippen LogP contribution in [0.5, 0.6) is 0 Å². The van der Waals surface area contributed by atoms with Crippen molar-refractivity contribution < 1.29 is 22.1 Å². The number of piperazine rings is 1. The van der Waals surface area contributed by atoms with Gasteiger partial charge in [-0.05, 0) is 62.6 Å². The van der Waals surface area contributed by atoms with Gasteiger partial charge in [-0.15, -0.1) is 0 Å². The number of carbonyl (C=O) groups excluding carboxylic acids is 1. The smallest absolute Gasteiger partial charge is 0.321 e. The van der Waals surface area contributed by atoms with Gasteiger partial charge in [-0.25, -0.2) is 17.6 Å². The van der Waals surface area contributed by atoms with Crippen molar-refractivity contribution >= 4 is 44.9 Å². The molecule has 3 aliphatic heterocycles. The highest BCUT2D eigenvalue weighted by molar-refractivity contribution is 7.89. The molecule has 4 fully saturated rings. The lowest BCUT2D eigenvalue weighted by molar-refractivity contribution is 0.0144. The molecule has 2 unspecified atom stereocenters. The van der Waals surface area contributed by atoms with Crippen molar-refractivity contribution in [1.82, 2.24) is 19.3 Å². The summed E-state index contributed by atoms with van der Waals surface area (Å²) in [5.41, 5.74) is 1.08. The van der Waals surface area contributed by atoms with E-state index in [0.717, 1.165) is 6.42 Å². The quantitative estimate of drug-likeness (QED) is 0.444. The molecule has 7 rings (SSSR count). The molecule has 4 heterocycles. The van der Waals surface area contributed by atoms with Crippen molar-refractivity contribution in [2.45, 2.75) is 43.7 Å². The third-order valence-electron chi connectivity index (χ3n) is 7.57. The van der Waals surface area contributed by atoms with E-state index in [-0.39, 0.29) is 35.6 Å². The summed E-state index contributed by atoms with van der Waals surface area (Å²) in [7, 11) is -3.28. The molecule has 3 aromatic rings. The Morgan fingerprint density at radius 2 is 1.79 bits per heavy atom. The minimum absolute atomic E-state index is 0.0500. The summed E-state index contributed by atoms with van der Waals surface area (Å²) >= 11 is 13.4. The zero-order chi connectivity index (χ0) is 26.8. The number of benzene rings is 2. The number of sulfonamides is 1. The Balaban J connectivity index is 1.18. The first-order valence-electron chi connectivity index (χ1n) is 12.3. The molecule has 38 heavy (non-hydrogen) atoms. The average molecular weight is 580 g/mol. The Kier molecular flexibility index (Phi) is 6.17. The summed E-state index contributed by atoms with van der Waals surface area (Å²) in [4.78, 5) is 19.1. The minimum Gasteiger partial charge on any atom is -0.334 e. The van der Waals surface area contributed by atoms with Crippen LogP contribution in [0.2, 0.25) is 10.0 Å². The fraction of sp³-hybridized carbons (Fsp3) is 0.400. The third-order valence-corrected chi connectivity index (χ3v) is 10.1. The van der Waals surface area contributed by atoms with Gasteiger partial charge in [0, 0.05) is 52.0 Å². The molecular formula is C25H24Cl2FN5O4S. The highest BCUT2D eigenvalue weighted by atomic mass is 35.5. The molecule has 3 saturated heterocycles. The summed E-state index contributed by atoms with van der Waals surface area (Å²) in [6.45, 7) is 2.29. The van der Waals surface area contributed by atoms with E-state index in [4.69, 9.17) is 27.7 Å². The second-order valence-corrected chi connectivity index (χ2v) is 12.9. The van der Waals surface area contributed by atoms with Gasteiger partial charge in [0.2, 0.25) is 10.0 Å². The maximum absolute atomic E-state index is 13.3. The van der Waals surface area contributed by atoms with Gasteiger partial charge in [-0.1, -0.05) is 28.4 Å². The number of rotatable bonds is 6. The standard InChI is InChI=1S/C25H24Cl2FN5O4S/c1-2-38(35,36)33-17-11-18(33)13-32(12-17)24(34)29-16-9-19(26)21(20(27)10-16)25(7-8-25)23-30-22(37-31-23)14-3-5-15(28)6-4-14/h3-6,9-10,17-18H,2,7-8,11-13H2,1H3,(H,29,34). The summed E-state index contributed by atoms with van der Waals surface area (Å²) in [6, 6.07) is 8.33. The number of amides is 2. The fourth-order valence-electron chi connectivity index (χ4n) is 5.49. The zero-order valence-corrected chi connectivity index (χ0v) is 22.7. The lowest BCUT2D eigenvalue weighted by Crippen LogP contribution is -2.71. The van der Waals surface area contributed by atoms with Crippen LogP contribution in [0.3, 0.4) is 0 Å². The number of carbonyl (C=O) groups is 1. The van der Waals surface area contributed by atoms with Crippen LogP contribution in [0.15, 0.2) is 40.9 Å². The van der Waals surface area contributed by atoms with Crippen LogP contribution in [-0.4, -0.2) is 64.7 Å². The van der Waals surface area contributed by atoms with E-state index in [0.29, 0.717) is 58.6 Å². The number of halogens is 3. The van der Waals surface area contributed by atoms with Crippen LogP contribution in [0.25, 0.3) is 11.5 Å². The predicted molar refractivity (Wildman–Crippen MR) is 140 cm³/mol. The molecule has 1 N–H and O–H groups in total. The van der Waals surface area contributed by atoms with Crippen molar-refractivity contribution in [3.8, 4) is 11.5 Å². The van der Waals surface area contributed by atoms with E-state index in [1.54, 1.807) is 36.1 Å². The minimum atomic E-state index is -3.28. The van der Waals surface area contributed by atoms with Crippen LogP contribution in [-0.2, 0) is 15.4 Å². The number of fused-ring (bicyclic) bond motifs is 2. The summed E-state index contributed by atoms with van der Waals surface area (Å²) < 4.78 is 44.8. The van der Waals surface area contributed by atoms with E-state index in [9.17, 15) is 17.6 Å².